The summed E-state index contributed by atoms with van der Waals surface area (Å²) in [4.78, 5) is 19.9. The van der Waals surface area contributed by atoms with E-state index in [2.05, 4.69) is 75.4 Å². The molecule has 31 heavy (non-hydrogen) atoms. The molecular formula is C26H26N4O. The number of para-hydroxylation sites is 1. The molecule has 3 aromatic carbocycles. The molecule has 0 fully saturated rings. The van der Waals surface area contributed by atoms with E-state index in [1.807, 2.05) is 18.2 Å². The second kappa shape index (κ2) is 8.74. The molecule has 0 radical (unpaired) electrons. The van der Waals surface area contributed by atoms with Crippen LogP contribution in [0.4, 0.5) is 0 Å². The maximum absolute atomic E-state index is 12.5. The molecule has 156 valence electrons. The van der Waals surface area contributed by atoms with Crippen molar-refractivity contribution >= 4 is 16.9 Å². The van der Waals surface area contributed by atoms with Gasteiger partial charge in [-0.2, -0.15) is 0 Å². The minimum atomic E-state index is -0.0129. The molecule has 0 spiro atoms. The molecule has 1 N–H and O–H groups in total. The van der Waals surface area contributed by atoms with Crippen LogP contribution in [0.25, 0.3) is 11.0 Å². The molecule has 5 nitrogen and oxygen atoms in total. The van der Waals surface area contributed by atoms with E-state index in [-0.39, 0.29) is 5.91 Å². The molecule has 5 heteroatoms. The lowest BCUT2D eigenvalue weighted by Crippen LogP contribution is -2.28. The zero-order valence-electron chi connectivity index (χ0n) is 17.5. The van der Waals surface area contributed by atoms with Crippen LogP contribution in [0.15, 0.2) is 78.9 Å². The van der Waals surface area contributed by atoms with Crippen molar-refractivity contribution in [2.24, 2.45) is 0 Å². The van der Waals surface area contributed by atoms with Gasteiger partial charge in [-0.3, -0.25) is 9.69 Å². The molecule has 1 aliphatic heterocycles. The van der Waals surface area contributed by atoms with Gasteiger partial charge in [0.05, 0.1) is 23.1 Å². The van der Waals surface area contributed by atoms with E-state index in [9.17, 15) is 4.79 Å². The number of amides is 1. The summed E-state index contributed by atoms with van der Waals surface area (Å²) >= 11 is 0. The van der Waals surface area contributed by atoms with Crippen molar-refractivity contribution in [3.8, 4) is 0 Å². The molecule has 1 aliphatic rings. The first kappa shape index (κ1) is 19.5. The zero-order valence-corrected chi connectivity index (χ0v) is 17.5. The molecule has 0 saturated heterocycles. The molecule has 4 aromatic rings. The zero-order chi connectivity index (χ0) is 21.0. The Morgan fingerprint density at radius 3 is 2.39 bits per heavy atom. The highest BCUT2D eigenvalue weighted by atomic mass is 16.1. The average molecular weight is 411 g/mol. The monoisotopic (exact) mass is 410 g/mol. The first-order chi connectivity index (χ1) is 15.3. The summed E-state index contributed by atoms with van der Waals surface area (Å²) in [6.07, 6.45) is 0.985. The Kier molecular flexibility index (Phi) is 5.50. The quantitative estimate of drug-likeness (QED) is 0.501. The van der Waals surface area contributed by atoms with Gasteiger partial charge in [-0.1, -0.05) is 66.7 Å². The van der Waals surface area contributed by atoms with Crippen LogP contribution in [0.3, 0.4) is 0 Å². The Bertz CT molecular complexity index is 1180. The van der Waals surface area contributed by atoms with Crippen molar-refractivity contribution in [3.63, 3.8) is 0 Å². The normalized spacial score (nSPS) is 13.4. The molecule has 1 aromatic heterocycles. The molecule has 0 aliphatic carbocycles. The van der Waals surface area contributed by atoms with Crippen LogP contribution in [0.2, 0.25) is 0 Å². The number of nitrogens with one attached hydrogen (secondary N) is 1. The number of rotatable bonds is 7. The Morgan fingerprint density at radius 2 is 1.61 bits per heavy atom. The summed E-state index contributed by atoms with van der Waals surface area (Å²) in [5.41, 5.74) is 5.19. The Balaban J connectivity index is 1.45. The van der Waals surface area contributed by atoms with Crippen LogP contribution in [-0.4, -0.2) is 33.4 Å². The van der Waals surface area contributed by atoms with Crippen molar-refractivity contribution in [1.29, 1.82) is 0 Å². The van der Waals surface area contributed by atoms with Crippen molar-refractivity contribution in [2.45, 2.75) is 26.1 Å². The summed E-state index contributed by atoms with van der Waals surface area (Å²) in [6, 6.07) is 27.0. The number of aromatic nitrogens is 2. The minimum absolute atomic E-state index is 0.0129. The van der Waals surface area contributed by atoms with E-state index in [0.29, 0.717) is 12.1 Å². The summed E-state index contributed by atoms with van der Waals surface area (Å²) in [6.45, 7) is 3.90. The van der Waals surface area contributed by atoms with Gasteiger partial charge in [0.2, 0.25) is 0 Å². The standard InChI is InChI=1S/C26H26N4O/c31-26-22-12-7-13-23-25(22)30(17-15-27-26)24(28-23)19-29(18-21-10-5-2-6-11-21)16-14-20-8-3-1-4-9-20/h1-13H,14-19H2,(H,27,31). The Morgan fingerprint density at radius 1 is 0.871 bits per heavy atom. The predicted octanol–water partition coefficient (Wildman–Crippen LogP) is 4.02. The van der Waals surface area contributed by atoms with E-state index in [1.54, 1.807) is 0 Å². The lowest BCUT2D eigenvalue weighted by Gasteiger charge is -2.23. The van der Waals surface area contributed by atoms with Crippen molar-refractivity contribution in [3.05, 3.63) is 101 Å². The molecule has 0 bridgehead atoms. The van der Waals surface area contributed by atoms with Gasteiger partial charge in [0.15, 0.2) is 0 Å². The number of carbonyl (C=O) groups excluding carboxylic acids is 1. The molecule has 5 rings (SSSR count). The lowest BCUT2D eigenvalue weighted by atomic mass is 10.1. The average Bonchev–Trinajstić information content (AvgIpc) is 3.05. The highest BCUT2D eigenvalue weighted by Gasteiger charge is 2.22. The van der Waals surface area contributed by atoms with E-state index in [4.69, 9.17) is 4.98 Å². The topological polar surface area (TPSA) is 50.2 Å². The maximum Gasteiger partial charge on any atom is 0.253 e. The summed E-state index contributed by atoms with van der Waals surface area (Å²) in [5, 5.41) is 3.00. The van der Waals surface area contributed by atoms with E-state index in [1.165, 1.54) is 11.1 Å². The number of benzene rings is 3. The van der Waals surface area contributed by atoms with Gasteiger partial charge < -0.3 is 9.88 Å². The molecular weight excluding hydrogens is 384 g/mol. The van der Waals surface area contributed by atoms with Gasteiger partial charge in [0.1, 0.15) is 5.82 Å². The fourth-order valence-corrected chi connectivity index (χ4v) is 4.34. The SMILES string of the molecule is O=C1NCCn2c(CN(CCc3ccccc3)Cc3ccccc3)nc3cccc1c32. The predicted molar refractivity (Wildman–Crippen MR) is 123 cm³/mol. The molecule has 0 unspecified atom stereocenters. The molecule has 2 heterocycles. The van der Waals surface area contributed by atoms with Gasteiger partial charge >= 0.3 is 0 Å². The number of hydrogen-bond donors (Lipinski definition) is 1. The largest absolute Gasteiger partial charge is 0.350 e. The van der Waals surface area contributed by atoms with Crippen LogP contribution in [0.5, 0.6) is 0 Å². The maximum atomic E-state index is 12.5. The second-order valence-corrected chi connectivity index (χ2v) is 8.04. The van der Waals surface area contributed by atoms with E-state index >= 15 is 0 Å². The Labute approximate surface area is 182 Å². The smallest absolute Gasteiger partial charge is 0.253 e. The van der Waals surface area contributed by atoms with Gasteiger partial charge in [-0.15, -0.1) is 0 Å². The van der Waals surface area contributed by atoms with Crippen molar-refractivity contribution in [1.82, 2.24) is 19.8 Å². The lowest BCUT2D eigenvalue weighted by molar-refractivity contribution is 0.0956. The van der Waals surface area contributed by atoms with Crippen molar-refractivity contribution < 1.29 is 4.79 Å². The number of carbonyl (C=O) groups is 1. The third kappa shape index (κ3) is 4.23. The number of imidazole rings is 1. The van der Waals surface area contributed by atoms with E-state index < -0.39 is 0 Å². The van der Waals surface area contributed by atoms with E-state index in [0.717, 1.165) is 49.5 Å². The van der Waals surface area contributed by atoms with Crippen LogP contribution in [-0.2, 0) is 26.1 Å². The minimum Gasteiger partial charge on any atom is -0.350 e. The van der Waals surface area contributed by atoms with Crippen molar-refractivity contribution in [2.75, 3.05) is 13.1 Å². The second-order valence-electron chi connectivity index (χ2n) is 8.04. The first-order valence-corrected chi connectivity index (χ1v) is 10.8. The molecule has 0 saturated carbocycles. The van der Waals surface area contributed by atoms with Crippen LogP contribution < -0.4 is 5.32 Å². The number of hydrogen-bond acceptors (Lipinski definition) is 3. The number of nitrogens with zero attached hydrogens (tertiary/aromatic N) is 3. The van der Waals surface area contributed by atoms with Gasteiger partial charge in [0, 0.05) is 26.2 Å². The molecule has 1 amide bonds. The Hall–Kier alpha value is -3.44. The van der Waals surface area contributed by atoms with Gasteiger partial charge in [-0.25, -0.2) is 4.98 Å². The highest BCUT2D eigenvalue weighted by molar-refractivity contribution is 6.05. The van der Waals surface area contributed by atoms with Crippen LogP contribution in [0, 0.1) is 0 Å². The van der Waals surface area contributed by atoms with Crippen LogP contribution in [0.1, 0.15) is 27.3 Å². The van der Waals surface area contributed by atoms with Gasteiger partial charge in [-0.05, 0) is 29.7 Å². The third-order valence-electron chi connectivity index (χ3n) is 5.88. The third-order valence-corrected chi connectivity index (χ3v) is 5.88. The summed E-state index contributed by atoms with van der Waals surface area (Å²) in [5.74, 6) is 1.00. The fourth-order valence-electron chi connectivity index (χ4n) is 4.34. The first-order valence-electron chi connectivity index (χ1n) is 10.8. The summed E-state index contributed by atoms with van der Waals surface area (Å²) < 4.78 is 2.23. The molecule has 0 atom stereocenters. The van der Waals surface area contributed by atoms with Crippen LogP contribution >= 0.6 is 0 Å². The highest BCUT2D eigenvalue weighted by Crippen LogP contribution is 2.24. The fraction of sp³-hybridized carbons (Fsp3) is 0.231. The van der Waals surface area contributed by atoms with Gasteiger partial charge in [0.25, 0.3) is 5.91 Å². The summed E-state index contributed by atoms with van der Waals surface area (Å²) in [7, 11) is 0.